The number of para-hydroxylation sites is 1. The second kappa shape index (κ2) is 10.4. The van der Waals surface area contributed by atoms with Crippen LogP contribution in [0.1, 0.15) is 18.4 Å². The van der Waals surface area contributed by atoms with Crippen LogP contribution in [-0.2, 0) is 11.2 Å². The van der Waals surface area contributed by atoms with E-state index in [1.807, 2.05) is 11.0 Å². The monoisotopic (exact) mass is 461 g/mol. The van der Waals surface area contributed by atoms with E-state index in [2.05, 4.69) is 45.1 Å². The van der Waals surface area contributed by atoms with Gasteiger partial charge >= 0.3 is 0 Å². The van der Waals surface area contributed by atoms with Crippen molar-refractivity contribution in [1.29, 1.82) is 0 Å². The van der Waals surface area contributed by atoms with Gasteiger partial charge in [-0.1, -0.05) is 42.5 Å². The molecule has 0 saturated carbocycles. The number of anilines is 1. The molecule has 2 aliphatic rings. The smallest absolute Gasteiger partial charge is 0.236 e. The highest BCUT2D eigenvalue weighted by Crippen LogP contribution is 2.23. The van der Waals surface area contributed by atoms with Crippen molar-refractivity contribution in [3.63, 3.8) is 0 Å². The Labute approximate surface area is 200 Å². The topological polar surface area (TPSA) is 44.6 Å². The van der Waals surface area contributed by atoms with E-state index >= 15 is 0 Å². The highest BCUT2D eigenvalue weighted by molar-refractivity contribution is 5.78. The summed E-state index contributed by atoms with van der Waals surface area (Å²) in [5, 5.41) is 0. The summed E-state index contributed by atoms with van der Waals surface area (Å²) in [6.07, 6.45) is 6.76. The lowest BCUT2D eigenvalue weighted by molar-refractivity contribution is -0.133. The summed E-state index contributed by atoms with van der Waals surface area (Å²) in [4.78, 5) is 23.8. The molecule has 0 aliphatic carbocycles. The van der Waals surface area contributed by atoms with Crippen molar-refractivity contribution >= 4 is 11.9 Å². The lowest BCUT2D eigenvalue weighted by Gasteiger charge is -2.37. The molecule has 178 valence electrons. The number of benzene rings is 2. The van der Waals surface area contributed by atoms with Crippen LogP contribution in [0.4, 0.5) is 10.3 Å². The zero-order chi connectivity index (χ0) is 23.3. The molecule has 0 N–H and O–H groups in total. The Bertz CT molecular complexity index is 1090. The number of rotatable bonds is 6. The highest BCUT2D eigenvalue weighted by Gasteiger charge is 2.27. The van der Waals surface area contributed by atoms with E-state index in [9.17, 15) is 9.18 Å². The third-order valence-electron chi connectivity index (χ3n) is 7.08. The summed E-state index contributed by atoms with van der Waals surface area (Å²) < 4.78 is 16.1. The molecule has 3 aromatic rings. The molecule has 7 heteroatoms. The van der Waals surface area contributed by atoms with Crippen molar-refractivity contribution in [2.75, 3.05) is 50.7 Å². The van der Waals surface area contributed by atoms with Gasteiger partial charge in [-0.2, -0.15) is 0 Å². The van der Waals surface area contributed by atoms with Gasteiger partial charge in [-0.15, -0.1) is 0 Å². The van der Waals surface area contributed by atoms with E-state index in [1.54, 1.807) is 29.1 Å². The van der Waals surface area contributed by atoms with Crippen LogP contribution in [-0.4, -0.2) is 71.1 Å². The number of carbonyl (C=O) groups is 1. The lowest BCUT2D eigenvalue weighted by atomic mass is 9.90. The molecule has 0 bridgehead atoms. The summed E-state index contributed by atoms with van der Waals surface area (Å²) in [6.45, 7) is 5.29. The Balaban J connectivity index is 1.10. The van der Waals surface area contributed by atoms with Crippen LogP contribution in [0.25, 0.3) is 5.69 Å². The zero-order valence-corrected chi connectivity index (χ0v) is 19.5. The van der Waals surface area contributed by atoms with Gasteiger partial charge < -0.3 is 9.80 Å². The van der Waals surface area contributed by atoms with Crippen molar-refractivity contribution in [3.05, 3.63) is 78.4 Å². The van der Waals surface area contributed by atoms with Crippen LogP contribution in [0.15, 0.2) is 67.0 Å². The Morgan fingerprint density at radius 3 is 2.35 bits per heavy atom. The molecule has 0 atom stereocenters. The summed E-state index contributed by atoms with van der Waals surface area (Å²) in [5.41, 5.74) is 1.89. The lowest BCUT2D eigenvalue weighted by Crippen LogP contribution is -2.51. The maximum absolute atomic E-state index is 14.3. The molecular formula is C27H32FN5O. The molecule has 3 heterocycles. The molecule has 2 aliphatic heterocycles. The van der Waals surface area contributed by atoms with Crippen LogP contribution < -0.4 is 4.90 Å². The van der Waals surface area contributed by atoms with Crippen molar-refractivity contribution in [2.24, 2.45) is 5.92 Å². The number of aromatic nitrogens is 2. The minimum atomic E-state index is -0.265. The fourth-order valence-electron chi connectivity index (χ4n) is 5.10. The maximum Gasteiger partial charge on any atom is 0.236 e. The standard InChI is InChI=1S/C27H32FN5O/c28-24-8-4-5-9-25(24)33-15-12-29-27(33)32-18-16-30(17-19-32)21-26(34)31-13-10-23(11-14-31)20-22-6-2-1-3-7-22/h1-9,12,15,23H,10-11,13-14,16-21H2. The van der Waals surface area contributed by atoms with E-state index in [1.165, 1.54) is 11.6 Å². The van der Waals surface area contributed by atoms with Crippen molar-refractivity contribution in [1.82, 2.24) is 19.4 Å². The van der Waals surface area contributed by atoms with Crippen LogP contribution in [0.5, 0.6) is 0 Å². The second-order valence-electron chi connectivity index (χ2n) is 9.33. The summed E-state index contributed by atoms with van der Waals surface area (Å²) in [7, 11) is 0. The van der Waals surface area contributed by atoms with Crippen LogP contribution in [0, 0.1) is 11.7 Å². The van der Waals surface area contributed by atoms with Gasteiger partial charge in [-0.25, -0.2) is 9.37 Å². The number of hydrogen-bond acceptors (Lipinski definition) is 4. The summed E-state index contributed by atoms with van der Waals surface area (Å²) in [6, 6.07) is 17.4. The summed E-state index contributed by atoms with van der Waals surface area (Å²) >= 11 is 0. The molecule has 0 radical (unpaired) electrons. The van der Waals surface area contributed by atoms with Crippen molar-refractivity contribution in [2.45, 2.75) is 19.3 Å². The van der Waals surface area contributed by atoms with Gasteiger partial charge in [-0.05, 0) is 42.9 Å². The normalized spacial score (nSPS) is 17.8. The number of nitrogens with zero attached hydrogens (tertiary/aromatic N) is 5. The van der Waals surface area contributed by atoms with E-state index in [4.69, 9.17) is 0 Å². The minimum Gasteiger partial charge on any atom is -0.342 e. The van der Waals surface area contributed by atoms with Gasteiger partial charge in [-0.3, -0.25) is 14.3 Å². The van der Waals surface area contributed by atoms with Gasteiger partial charge in [0.1, 0.15) is 5.82 Å². The molecule has 1 amide bonds. The largest absolute Gasteiger partial charge is 0.342 e. The second-order valence-corrected chi connectivity index (χ2v) is 9.33. The fourth-order valence-corrected chi connectivity index (χ4v) is 5.10. The first-order chi connectivity index (χ1) is 16.7. The van der Waals surface area contributed by atoms with Crippen LogP contribution in [0.3, 0.4) is 0 Å². The van der Waals surface area contributed by atoms with Gasteiger partial charge in [0.05, 0.1) is 12.2 Å². The van der Waals surface area contributed by atoms with Gasteiger partial charge in [0.15, 0.2) is 0 Å². The van der Waals surface area contributed by atoms with Crippen LogP contribution in [0.2, 0.25) is 0 Å². The number of piperazine rings is 1. The average molecular weight is 462 g/mol. The van der Waals surface area contributed by atoms with E-state index < -0.39 is 0 Å². The predicted molar refractivity (Wildman–Crippen MR) is 132 cm³/mol. The first-order valence-electron chi connectivity index (χ1n) is 12.2. The molecule has 5 rings (SSSR count). The number of carbonyl (C=O) groups excluding carboxylic acids is 1. The Morgan fingerprint density at radius 1 is 0.912 bits per heavy atom. The first kappa shape index (κ1) is 22.6. The highest BCUT2D eigenvalue weighted by atomic mass is 19.1. The van der Waals surface area contributed by atoms with Crippen molar-refractivity contribution < 1.29 is 9.18 Å². The number of piperidine rings is 1. The third-order valence-corrected chi connectivity index (χ3v) is 7.08. The van der Waals surface area contributed by atoms with E-state index in [0.29, 0.717) is 18.2 Å². The van der Waals surface area contributed by atoms with Gasteiger partial charge in [0.25, 0.3) is 0 Å². The molecule has 2 saturated heterocycles. The fraction of sp³-hybridized carbons (Fsp3) is 0.407. The predicted octanol–water partition coefficient (Wildman–Crippen LogP) is 3.61. The number of imidazole rings is 1. The molecule has 2 aromatic carbocycles. The molecule has 2 fully saturated rings. The minimum absolute atomic E-state index is 0.236. The SMILES string of the molecule is O=C(CN1CCN(c2nccn2-c2ccccc2F)CC1)N1CCC(Cc2ccccc2)CC1. The van der Waals surface area contributed by atoms with Crippen LogP contribution >= 0.6 is 0 Å². The zero-order valence-electron chi connectivity index (χ0n) is 19.5. The number of hydrogen-bond donors (Lipinski definition) is 0. The quantitative estimate of drug-likeness (QED) is 0.563. The van der Waals surface area contributed by atoms with E-state index in [-0.39, 0.29) is 11.7 Å². The molecular weight excluding hydrogens is 429 g/mol. The third kappa shape index (κ3) is 5.14. The van der Waals surface area contributed by atoms with Crippen molar-refractivity contribution in [3.8, 4) is 5.69 Å². The number of amides is 1. The molecule has 34 heavy (non-hydrogen) atoms. The summed E-state index contributed by atoms with van der Waals surface area (Å²) in [5.74, 6) is 1.38. The van der Waals surface area contributed by atoms with E-state index in [0.717, 1.165) is 64.5 Å². The maximum atomic E-state index is 14.3. The molecule has 0 spiro atoms. The Morgan fingerprint density at radius 2 is 1.62 bits per heavy atom. The average Bonchev–Trinajstić information content (AvgIpc) is 3.35. The van der Waals surface area contributed by atoms with Gasteiger partial charge in [0, 0.05) is 51.7 Å². The number of halogens is 1. The molecule has 6 nitrogen and oxygen atoms in total. The number of likely N-dealkylation sites (tertiary alicyclic amines) is 1. The molecule has 0 unspecified atom stereocenters. The Kier molecular flexibility index (Phi) is 6.90. The first-order valence-corrected chi connectivity index (χ1v) is 12.2. The molecule has 1 aromatic heterocycles. The Hall–Kier alpha value is -3.19. The van der Waals surface area contributed by atoms with Gasteiger partial charge in [0.2, 0.25) is 11.9 Å².